The van der Waals surface area contributed by atoms with E-state index in [0.717, 1.165) is 10.4 Å². The Labute approximate surface area is 120 Å². The minimum atomic E-state index is -0.432. The van der Waals surface area contributed by atoms with Crippen LogP contribution in [0.4, 0.5) is 5.13 Å². The lowest BCUT2D eigenvalue weighted by Crippen LogP contribution is -2.04. The molecule has 1 aromatic carbocycles. The Kier molecular flexibility index (Phi) is 4.33. The van der Waals surface area contributed by atoms with Gasteiger partial charge in [-0.15, -0.1) is 11.3 Å². The third kappa shape index (κ3) is 3.13. The molecule has 0 radical (unpaired) electrons. The SMILES string of the molecule is COC(=O)c1nc(NCc2cccc(C#N)c2)sc1C. The number of methoxy groups -OCH3 is 1. The van der Waals surface area contributed by atoms with Crippen LogP contribution in [-0.2, 0) is 11.3 Å². The van der Waals surface area contributed by atoms with Crippen LogP contribution in [0.25, 0.3) is 0 Å². The molecule has 0 aliphatic rings. The minimum absolute atomic E-state index is 0.339. The molecule has 2 aromatic rings. The number of rotatable bonds is 4. The fourth-order valence-corrected chi connectivity index (χ4v) is 2.48. The quantitative estimate of drug-likeness (QED) is 0.875. The smallest absolute Gasteiger partial charge is 0.357 e. The van der Waals surface area contributed by atoms with Gasteiger partial charge in [-0.05, 0) is 24.6 Å². The van der Waals surface area contributed by atoms with Crippen molar-refractivity contribution in [3.8, 4) is 6.07 Å². The van der Waals surface area contributed by atoms with E-state index in [1.54, 1.807) is 6.07 Å². The average molecular weight is 287 g/mol. The first-order valence-corrected chi connectivity index (χ1v) is 6.74. The van der Waals surface area contributed by atoms with Gasteiger partial charge >= 0.3 is 5.97 Å². The van der Waals surface area contributed by atoms with Crippen LogP contribution in [-0.4, -0.2) is 18.1 Å². The number of hydrogen-bond donors (Lipinski definition) is 1. The summed E-state index contributed by atoms with van der Waals surface area (Å²) in [6.07, 6.45) is 0. The van der Waals surface area contributed by atoms with Gasteiger partial charge in [0, 0.05) is 11.4 Å². The molecule has 6 heteroatoms. The summed E-state index contributed by atoms with van der Waals surface area (Å²) in [7, 11) is 1.33. The number of nitriles is 1. The zero-order valence-corrected chi connectivity index (χ0v) is 12.0. The van der Waals surface area contributed by atoms with E-state index in [4.69, 9.17) is 5.26 Å². The van der Waals surface area contributed by atoms with Crippen LogP contribution < -0.4 is 5.32 Å². The molecule has 0 atom stereocenters. The molecule has 102 valence electrons. The van der Waals surface area contributed by atoms with Crippen LogP contribution in [0.5, 0.6) is 0 Å². The van der Waals surface area contributed by atoms with Gasteiger partial charge in [-0.25, -0.2) is 9.78 Å². The molecule has 0 saturated heterocycles. The number of esters is 1. The van der Waals surface area contributed by atoms with E-state index < -0.39 is 5.97 Å². The van der Waals surface area contributed by atoms with Crippen molar-refractivity contribution in [1.29, 1.82) is 5.26 Å². The number of aryl methyl sites for hydroxylation is 1. The molecule has 0 fully saturated rings. The van der Waals surface area contributed by atoms with Crippen LogP contribution in [0, 0.1) is 18.3 Å². The van der Waals surface area contributed by atoms with Crippen molar-refractivity contribution >= 4 is 22.4 Å². The maximum absolute atomic E-state index is 11.5. The second-order valence-electron chi connectivity index (χ2n) is 4.08. The Morgan fingerprint density at radius 1 is 1.55 bits per heavy atom. The lowest BCUT2D eigenvalue weighted by molar-refractivity contribution is 0.0594. The maximum atomic E-state index is 11.5. The summed E-state index contributed by atoms with van der Waals surface area (Å²) in [5.41, 5.74) is 1.94. The largest absolute Gasteiger partial charge is 0.464 e. The molecule has 2 rings (SSSR count). The van der Waals surface area contributed by atoms with E-state index in [0.29, 0.717) is 22.9 Å². The molecular weight excluding hydrogens is 274 g/mol. The van der Waals surface area contributed by atoms with Gasteiger partial charge in [0.05, 0.1) is 18.7 Å². The van der Waals surface area contributed by atoms with Crippen molar-refractivity contribution in [2.24, 2.45) is 0 Å². The predicted molar refractivity (Wildman–Crippen MR) is 76.7 cm³/mol. The molecule has 0 amide bonds. The van der Waals surface area contributed by atoms with Crippen molar-refractivity contribution < 1.29 is 9.53 Å². The lowest BCUT2D eigenvalue weighted by Gasteiger charge is -2.02. The summed E-state index contributed by atoms with van der Waals surface area (Å²) in [5.74, 6) is -0.432. The molecule has 1 N–H and O–H groups in total. The lowest BCUT2D eigenvalue weighted by atomic mass is 10.1. The summed E-state index contributed by atoms with van der Waals surface area (Å²) >= 11 is 1.40. The number of carbonyl (C=O) groups is 1. The monoisotopic (exact) mass is 287 g/mol. The zero-order chi connectivity index (χ0) is 14.5. The molecule has 0 aliphatic carbocycles. The number of hydrogen-bond acceptors (Lipinski definition) is 6. The van der Waals surface area contributed by atoms with Crippen molar-refractivity contribution in [2.75, 3.05) is 12.4 Å². The predicted octanol–water partition coefficient (Wildman–Crippen LogP) is 2.72. The van der Waals surface area contributed by atoms with Crippen LogP contribution >= 0.6 is 11.3 Å². The van der Waals surface area contributed by atoms with Gasteiger partial charge in [-0.2, -0.15) is 5.26 Å². The zero-order valence-electron chi connectivity index (χ0n) is 11.1. The highest BCUT2D eigenvalue weighted by atomic mass is 32.1. The van der Waals surface area contributed by atoms with Gasteiger partial charge in [0.2, 0.25) is 0 Å². The van der Waals surface area contributed by atoms with Crippen molar-refractivity contribution in [2.45, 2.75) is 13.5 Å². The van der Waals surface area contributed by atoms with Crippen LogP contribution in [0.1, 0.15) is 26.5 Å². The van der Waals surface area contributed by atoms with E-state index in [2.05, 4.69) is 21.1 Å². The second kappa shape index (κ2) is 6.17. The Balaban J connectivity index is 2.08. The Bertz CT molecular complexity index is 673. The summed E-state index contributed by atoms with van der Waals surface area (Å²) in [4.78, 5) is 16.5. The van der Waals surface area contributed by atoms with Gasteiger partial charge < -0.3 is 10.1 Å². The Morgan fingerprint density at radius 2 is 2.35 bits per heavy atom. The number of anilines is 1. The van der Waals surface area contributed by atoms with Gasteiger partial charge in [0.1, 0.15) is 0 Å². The Morgan fingerprint density at radius 3 is 3.05 bits per heavy atom. The molecule has 0 unspecified atom stereocenters. The first-order chi connectivity index (χ1) is 9.63. The van der Waals surface area contributed by atoms with Crippen LogP contribution in [0.2, 0.25) is 0 Å². The van der Waals surface area contributed by atoms with Crippen molar-refractivity contribution in [1.82, 2.24) is 4.98 Å². The highest BCUT2D eigenvalue weighted by Crippen LogP contribution is 2.23. The number of nitrogens with zero attached hydrogens (tertiary/aromatic N) is 2. The third-order valence-corrected chi connectivity index (χ3v) is 3.60. The summed E-state index contributed by atoms with van der Waals surface area (Å²) < 4.78 is 4.66. The molecule has 0 bridgehead atoms. The molecule has 0 aliphatic heterocycles. The molecule has 0 spiro atoms. The molecule has 5 nitrogen and oxygen atoms in total. The number of nitrogens with one attached hydrogen (secondary N) is 1. The normalized spacial score (nSPS) is 9.85. The number of aromatic nitrogens is 1. The van der Waals surface area contributed by atoms with Crippen LogP contribution in [0.15, 0.2) is 24.3 Å². The van der Waals surface area contributed by atoms with Gasteiger partial charge in [0.15, 0.2) is 10.8 Å². The standard InChI is InChI=1S/C14H13N3O2S/c1-9-12(13(18)19-2)17-14(20-9)16-8-11-5-3-4-10(6-11)7-15/h3-6H,8H2,1-2H3,(H,16,17). The third-order valence-electron chi connectivity index (χ3n) is 2.68. The van der Waals surface area contributed by atoms with Gasteiger partial charge in [-0.1, -0.05) is 12.1 Å². The maximum Gasteiger partial charge on any atom is 0.357 e. The summed E-state index contributed by atoms with van der Waals surface area (Å²) in [5, 5.41) is 12.6. The molecular formula is C14H13N3O2S. The molecule has 20 heavy (non-hydrogen) atoms. The fourth-order valence-electron chi connectivity index (χ4n) is 1.69. The van der Waals surface area contributed by atoms with E-state index in [1.807, 2.05) is 25.1 Å². The minimum Gasteiger partial charge on any atom is -0.464 e. The van der Waals surface area contributed by atoms with E-state index in [9.17, 15) is 4.79 Å². The van der Waals surface area contributed by atoms with Gasteiger partial charge in [-0.3, -0.25) is 0 Å². The molecule has 1 aromatic heterocycles. The van der Waals surface area contributed by atoms with E-state index in [1.165, 1.54) is 18.4 Å². The van der Waals surface area contributed by atoms with Crippen LogP contribution in [0.3, 0.4) is 0 Å². The molecule has 0 saturated carbocycles. The number of thiazole rings is 1. The number of benzene rings is 1. The Hall–Kier alpha value is -2.39. The first-order valence-electron chi connectivity index (χ1n) is 5.92. The molecule has 1 heterocycles. The fraction of sp³-hybridized carbons (Fsp3) is 0.214. The van der Waals surface area contributed by atoms with Gasteiger partial charge in [0.25, 0.3) is 0 Å². The topological polar surface area (TPSA) is 75.0 Å². The first kappa shape index (κ1) is 14.0. The van der Waals surface area contributed by atoms with Crippen molar-refractivity contribution in [3.05, 3.63) is 46.0 Å². The van der Waals surface area contributed by atoms with E-state index in [-0.39, 0.29) is 0 Å². The highest BCUT2D eigenvalue weighted by molar-refractivity contribution is 7.15. The summed E-state index contributed by atoms with van der Waals surface area (Å²) in [6.45, 7) is 2.37. The highest BCUT2D eigenvalue weighted by Gasteiger charge is 2.15. The summed E-state index contributed by atoms with van der Waals surface area (Å²) in [6, 6.07) is 9.43. The number of carbonyl (C=O) groups excluding carboxylic acids is 1. The van der Waals surface area contributed by atoms with E-state index >= 15 is 0 Å². The van der Waals surface area contributed by atoms with Crippen molar-refractivity contribution in [3.63, 3.8) is 0 Å². The average Bonchev–Trinajstić information content (AvgIpc) is 2.85. The number of ether oxygens (including phenoxy) is 1. The second-order valence-corrected chi connectivity index (χ2v) is 5.28.